The van der Waals surface area contributed by atoms with Crippen molar-refractivity contribution >= 4 is 11.5 Å². The maximum atomic E-state index is 9.65. The zero-order valence-corrected chi connectivity index (χ0v) is 15.5. The molecule has 0 amide bonds. The van der Waals surface area contributed by atoms with Crippen molar-refractivity contribution in [2.75, 3.05) is 20.0 Å². The second kappa shape index (κ2) is 6.23. The fourth-order valence-electron chi connectivity index (χ4n) is 2.69. The van der Waals surface area contributed by atoms with Crippen LogP contribution < -0.4 is 15.2 Å². The van der Waals surface area contributed by atoms with Crippen LogP contribution in [0.2, 0.25) is 0 Å². The minimum Gasteiger partial charge on any atom is -0.493 e. The molecule has 0 atom stereocenters. The van der Waals surface area contributed by atoms with Crippen LogP contribution in [0.15, 0.2) is 24.3 Å². The van der Waals surface area contributed by atoms with Gasteiger partial charge in [0.25, 0.3) is 0 Å². The lowest BCUT2D eigenvalue weighted by Crippen LogP contribution is -2.12. The van der Waals surface area contributed by atoms with Crippen molar-refractivity contribution < 1.29 is 9.47 Å². The molecule has 7 heteroatoms. The molecule has 0 bridgehead atoms. The highest BCUT2D eigenvalue weighted by atomic mass is 16.5. The Kier molecular flexibility index (Phi) is 4.20. The molecule has 7 nitrogen and oxygen atoms in total. The molecule has 0 spiro atoms. The Morgan fingerprint density at radius 3 is 2.38 bits per heavy atom. The van der Waals surface area contributed by atoms with Crippen molar-refractivity contribution in [3.63, 3.8) is 0 Å². The molecule has 0 aliphatic heterocycles. The molecule has 3 rings (SSSR count). The number of nitrogens with two attached hydrogens (primary N) is 1. The van der Waals surface area contributed by atoms with Gasteiger partial charge in [0.15, 0.2) is 17.1 Å². The third-order valence-corrected chi connectivity index (χ3v) is 4.18. The molecule has 1 aromatic carbocycles. The lowest BCUT2D eigenvalue weighted by molar-refractivity contribution is 0.355. The van der Waals surface area contributed by atoms with Crippen molar-refractivity contribution in [3.05, 3.63) is 35.5 Å². The molecule has 2 aromatic heterocycles. The number of ether oxygens (including phenoxy) is 2. The van der Waals surface area contributed by atoms with Crippen molar-refractivity contribution in [1.29, 1.82) is 5.26 Å². The first kappa shape index (κ1) is 17.5. The first-order chi connectivity index (χ1) is 12.3. The number of nitriles is 1. The molecule has 3 aromatic rings. The Bertz CT molecular complexity index is 1030. The fourth-order valence-corrected chi connectivity index (χ4v) is 2.69. The predicted molar refractivity (Wildman–Crippen MR) is 99.4 cm³/mol. The van der Waals surface area contributed by atoms with Crippen LogP contribution in [0.4, 0.5) is 5.82 Å². The molecule has 2 N–H and O–H groups in total. The molecule has 2 heterocycles. The van der Waals surface area contributed by atoms with E-state index in [0.29, 0.717) is 28.4 Å². The summed E-state index contributed by atoms with van der Waals surface area (Å²) in [6, 6.07) is 9.41. The third kappa shape index (κ3) is 2.80. The lowest BCUT2D eigenvalue weighted by atomic mass is 9.93. The Morgan fingerprint density at radius 2 is 1.81 bits per heavy atom. The normalized spacial score (nSPS) is 11.4. The zero-order chi connectivity index (χ0) is 19.1. The van der Waals surface area contributed by atoms with Gasteiger partial charge in [0.1, 0.15) is 17.5 Å². The van der Waals surface area contributed by atoms with Crippen LogP contribution in [0.1, 0.15) is 32.0 Å². The number of aromatic nitrogens is 3. The molecule has 0 unspecified atom stereocenters. The van der Waals surface area contributed by atoms with E-state index in [1.807, 2.05) is 12.1 Å². The summed E-state index contributed by atoms with van der Waals surface area (Å²) in [5, 5.41) is 14.2. The standard InChI is InChI=1S/C19H21N5O2/c1-19(2,3)15-9-16-22-17(12(10-20)18(21)24(16)23-15)11-6-7-13(25-4)14(8-11)26-5/h6-9H,21H2,1-5H3. The molecule has 0 saturated carbocycles. The Labute approximate surface area is 152 Å². The molecule has 134 valence electrons. The Hall–Kier alpha value is -3.27. The van der Waals surface area contributed by atoms with Crippen molar-refractivity contribution in [3.8, 4) is 28.8 Å². The van der Waals surface area contributed by atoms with Crippen LogP contribution in [0.5, 0.6) is 11.5 Å². The molecule has 0 aliphatic rings. The van der Waals surface area contributed by atoms with E-state index in [2.05, 4.69) is 36.9 Å². The van der Waals surface area contributed by atoms with E-state index in [0.717, 1.165) is 5.69 Å². The summed E-state index contributed by atoms with van der Waals surface area (Å²) in [4.78, 5) is 4.64. The predicted octanol–water partition coefficient (Wildman–Crippen LogP) is 3.16. The second-order valence-electron chi connectivity index (χ2n) is 6.95. The first-order valence-electron chi connectivity index (χ1n) is 8.12. The number of fused-ring (bicyclic) bond motifs is 1. The third-order valence-electron chi connectivity index (χ3n) is 4.18. The number of anilines is 1. The maximum absolute atomic E-state index is 9.65. The summed E-state index contributed by atoms with van der Waals surface area (Å²) in [5.74, 6) is 1.42. The van der Waals surface area contributed by atoms with E-state index in [1.54, 1.807) is 26.4 Å². The van der Waals surface area contributed by atoms with Crippen molar-refractivity contribution in [1.82, 2.24) is 14.6 Å². The monoisotopic (exact) mass is 351 g/mol. The van der Waals surface area contributed by atoms with Crippen molar-refractivity contribution in [2.45, 2.75) is 26.2 Å². The van der Waals surface area contributed by atoms with Gasteiger partial charge in [-0.25, -0.2) is 4.98 Å². The summed E-state index contributed by atoms with van der Waals surface area (Å²) in [6.07, 6.45) is 0. The summed E-state index contributed by atoms with van der Waals surface area (Å²) in [7, 11) is 3.13. The number of benzene rings is 1. The smallest absolute Gasteiger partial charge is 0.161 e. The lowest BCUT2D eigenvalue weighted by Gasteiger charge is -2.13. The summed E-state index contributed by atoms with van der Waals surface area (Å²) in [6.45, 7) is 6.18. The van der Waals surface area contributed by atoms with Gasteiger partial charge in [-0.3, -0.25) is 0 Å². The van der Waals surface area contributed by atoms with Gasteiger partial charge >= 0.3 is 0 Å². The highest BCUT2D eigenvalue weighted by Gasteiger charge is 2.22. The van der Waals surface area contributed by atoms with E-state index in [4.69, 9.17) is 15.2 Å². The van der Waals surface area contributed by atoms with Crippen LogP contribution in [-0.2, 0) is 5.41 Å². The number of rotatable bonds is 3. The van der Waals surface area contributed by atoms with Gasteiger partial charge in [-0.15, -0.1) is 0 Å². The van der Waals surface area contributed by atoms with E-state index in [9.17, 15) is 5.26 Å². The van der Waals surface area contributed by atoms with Crippen LogP contribution >= 0.6 is 0 Å². The van der Waals surface area contributed by atoms with Crippen LogP contribution in [0, 0.1) is 11.3 Å². The molecule has 0 saturated heterocycles. The zero-order valence-electron chi connectivity index (χ0n) is 15.5. The van der Waals surface area contributed by atoms with Gasteiger partial charge in [0.05, 0.1) is 25.6 Å². The van der Waals surface area contributed by atoms with Gasteiger partial charge in [0.2, 0.25) is 0 Å². The fraction of sp³-hybridized carbons (Fsp3) is 0.316. The largest absolute Gasteiger partial charge is 0.493 e. The molecule has 0 radical (unpaired) electrons. The van der Waals surface area contributed by atoms with Gasteiger partial charge in [-0.1, -0.05) is 20.8 Å². The van der Waals surface area contributed by atoms with E-state index in [1.165, 1.54) is 4.52 Å². The summed E-state index contributed by atoms with van der Waals surface area (Å²) < 4.78 is 12.1. The molecule has 0 aliphatic carbocycles. The Balaban J connectivity index is 2.28. The number of nitrogens with zero attached hydrogens (tertiary/aromatic N) is 4. The highest BCUT2D eigenvalue weighted by Crippen LogP contribution is 2.34. The number of nitrogen functional groups attached to an aromatic ring is 1. The maximum Gasteiger partial charge on any atom is 0.161 e. The molecule has 0 fully saturated rings. The van der Waals surface area contributed by atoms with Gasteiger partial charge < -0.3 is 15.2 Å². The average Bonchev–Trinajstić information content (AvgIpc) is 3.06. The second-order valence-corrected chi connectivity index (χ2v) is 6.95. The SMILES string of the molecule is COc1ccc(-c2nc3cc(C(C)(C)C)nn3c(N)c2C#N)cc1OC. The average molecular weight is 351 g/mol. The highest BCUT2D eigenvalue weighted by molar-refractivity contribution is 5.76. The van der Waals surface area contributed by atoms with Crippen LogP contribution in [0.3, 0.4) is 0 Å². The number of hydrogen-bond acceptors (Lipinski definition) is 6. The minimum absolute atomic E-state index is 0.156. The minimum atomic E-state index is -0.156. The first-order valence-corrected chi connectivity index (χ1v) is 8.12. The Morgan fingerprint density at radius 1 is 1.12 bits per heavy atom. The van der Waals surface area contributed by atoms with E-state index in [-0.39, 0.29) is 16.8 Å². The molecular formula is C19H21N5O2. The molecular weight excluding hydrogens is 330 g/mol. The van der Waals surface area contributed by atoms with Gasteiger partial charge in [-0.2, -0.15) is 14.9 Å². The van der Waals surface area contributed by atoms with Crippen molar-refractivity contribution in [2.24, 2.45) is 0 Å². The van der Waals surface area contributed by atoms with E-state index < -0.39 is 0 Å². The van der Waals surface area contributed by atoms with Crippen LogP contribution in [-0.4, -0.2) is 28.8 Å². The quantitative estimate of drug-likeness (QED) is 0.778. The topological polar surface area (TPSA) is 98.5 Å². The summed E-state index contributed by atoms with van der Waals surface area (Å²) in [5.41, 5.74) is 8.99. The number of methoxy groups -OCH3 is 2. The van der Waals surface area contributed by atoms with Gasteiger partial charge in [0, 0.05) is 17.0 Å². The van der Waals surface area contributed by atoms with Gasteiger partial charge in [-0.05, 0) is 18.2 Å². The molecule has 26 heavy (non-hydrogen) atoms. The van der Waals surface area contributed by atoms with E-state index >= 15 is 0 Å². The van der Waals surface area contributed by atoms with Crippen LogP contribution in [0.25, 0.3) is 16.9 Å². The summed E-state index contributed by atoms with van der Waals surface area (Å²) >= 11 is 0. The number of hydrogen-bond donors (Lipinski definition) is 1.